The number of nitro benzene ring substituents is 1. The standard InChI is InChI=1S/C25H26N4O6/c1-15-6-8-17(13-18(15)29(32)33)23-22-19(26(2)25(31)27(3)24(22)30)14-28(23)11-10-16-7-9-20(34-4)21(12-16)35-5/h6-9,12-14H,10-11H2,1-5H3. The number of aryl methyl sites for hydroxylation is 4. The topological polar surface area (TPSA) is 111 Å². The molecule has 0 N–H and O–H groups in total. The molecule has 4 rings (SSSR count). The summed E-state index contributed by atoms with van der Waals surface area (Å²) in [4.78, 5) is 36.9. The van der Waals surface area contributed by atoms with E-state index in [9.17, 15) is 19.7 Å². The van der Waals surface area contributed by atoms with E-state index in [0.717, 1.165) is 10.1 Å². The summed E-state index contributed by atoms with van der Waals surface area (Å²) in [7, 11) is 6.16. The highest BCUT2D eigenvalue weighted by atomic mass is 16.6. The minimum atomic E-state index is -0.453. The Bertz CT molecular complexity index is 1580. The van der Waals surface area contributed by atoms with Crippen molar-refractivity contribution in [3.8, 4) is 22.8 Å². The third-order valence-electron chi connectivity index (χ3n) is 6.28. The number of aromatic nitrogens is 3. The first-order chi connectivity index (χ1) is 16.7. The third kappa shape index (κ3) is 4.07. The lowest BCUT2D eigenvalue weighted by Gasteiger charge is -2.12. The number of benzene rings is 2. The average Bonchev–Trinajstić information content (AvgIpc) is 3.24. The van der Waals surface area contributed by atoms with E-state index in [2.05, 4.69) is 0 Å². The van der Waals surface area contributed by atoms with E-state index in [1.807, 2.05) is 22.8 Å². The quantitative estimate of drug-likeness (QED) is 0.298. The van der Waals surface area contributed by atoms with Gasteiger partial charge in [0.25, 0.3) is 11.2 Å². The van der Waals surface area contributed by atoms with Gasteiger partial charge in [0.2, 0.25) is 0 Å². The Morgan fingerprint density at radius 1 is 0.971 bits per heavy atom. The second kappa shape index (κ2) is 9.13. The summed E-state index contributed by atoms with van der Waals surface area (Å²) in [6.45, 7) is 2.12. The lowest BCUT2D eigenvalue weighted by atomic mass is 10.1. The van der Waals surface area contributed by atoms with Gasteiger partial charge in [0, 0.05) is 44.0 Å². The van der Waals surface area contributed by atoms with Crippen molar-refractivity contribution in [3.05, 3.63) is 84.7 Å². The summed E-state index contributed by atoms with van der Waals surface area (Å²) < 4.78 is 15.0. The smallest absolute Gasteiger partial charge is 0.330 e. The summed E-state index contributed by atoms with van der Waals surface area (Å²) in [6, 6.07) is 10.5. The first-order valence-electron chi connectivity index (χ1n) is 10.9. The predicted octanol–water partition coefficient (Wildman–Crippen LogP) is 3.18. The van der Waals surface area contributed by atoms with Gasteiger partial charge >= 0.3 is 5.69 Å². The normalized spacial score (nSPS) is 11.1. The lowest BCUT2D eigenvalue weighted by molar-refractivity contribution is -0.385. The molecule has 4 aromatic rings. The Labute approximate surface area is 200 Å². The third-order valence-corrected chi connectivity index (χ3v) is 6.28. The number of hydrogen-bond acceptors (Lipinski definition) is 6. The Kier molecular flexibility index (Phi) is 6.21. The molecule has 0 amide bonds. The van der Waals surface area contributed by atoms with Gasteiger partial charge in [-0.15, -0.1) is 0 Å². The summed E-state index contributed by atoms with van der Waals surface area (Å²) in [5, 5.41) is 11.9. The number of fused-ring (bicyclic) bond motifs is 1. The fraction of sp³-hybridized carbons (Fsp3) is 0.280. The molecular formula is C25H26N4O6. The van der Waals surface area contributed by atoms with Crippen molar-refractivity contribution in [2.24, 2.45) is 14.1 Å². The summed E-state index contributed by atoms with van der Waals surface area (Å²) in [5.74, 6) is 1.22. The van der Waals surface area contributed by atoms with E-state index < -0.39 is 16.2 Å². The molecule has 0 atom stereocenters. The lowest BCUT2D eigenvalue weighted by Crippen LogP contribution is -2.36. The van der Waals surface area contributed by atoms with E-state index in [1.165, 1.54) is 17.7 Å². The second-order valence-electron chi connectivity index (χ2n) is 8.33. The summed E-state index contributed by atoms with van der Waals surface area (Å²) in [6.07, 6.45) is 2.33. The van der Waals surface area contributed by atoms with Crippen molar-refractivity contribution < 1.29 is 14.4 Å². The van der Waals surface area contributed by atoms with Crippen molar-refractivity contribution in [3.63, 3.8) is 0 Å². The average molecular weight is 479 g/mol. The molecule has 0 saturated heterocycles. The fourth-order valence-corrected chi connectivity index (χ4v) is 4.31. The van der Waals surface area contributed by atoms with Crippen molar-refractivity contribution in [2.75, 3.05) is 14.2 Å². The molecule has 35 heavy (non-hydrogen) atoms. The van der Waals surface area contributed by atoms with Gasteiger partial charge in [0.05, 0.1) is 35.7 Å². The Hall–Kier alpha value is -4.34. The van der Waals surface area contributed by atoms with Crippen LogP contribution < -0.4 is 20.7 Å². The highest BCUT2D eigenvalue weighted by Gasteiger charge is 2.22. The molecule has 0 radical (unpaired) electrons. The first-order valence-corrected chi connectivity index (χ1v) is 10.9. The van der Waals surface area contributed by atoms with Gasteiger partial charge in [-0.2, -0.15) is 0 Å². The number of methoxy groups -OCH3 is 2. The van der Waals surface area contributed by atoms with E-state index in [4.69, 9.17) is 9.47 Å². The predicted molar refractivity (Wildman–Crippen MR) is 132 cm³/mol. The number of rotatable bonds is 7. The number of nitrogens with zero attached hydrogens (tertiary/aromatic N) is 4. The maximum atomic E-state index is 13.2. The largest absolute Gasteiger partial charge is 0.493 e. The van der Waals surface area contributed by atoms with E-state index in [-0.39, 0.29) is 5.69 Å². The molecule has 2 aromatic carbocycles. The van der Waals surface area contributed by atoms with Crippen LogP contribution >= 0.6 is 0 Å². The van der Waals surface area contributed by atoms with Crippen LogP contribution in [-0.4, -0.2) is 32.8 Å². The fourth-order valence-electron chi connectivity index (χ4n) is 4.31. The molecule has 2 heterocycles. The minimum absolute atomic E-state index is 0.0371. The van der Waals surface area contributed by atoms with Crippen LogP contribution in [0.2, 0.25) is 0 Å². The molecular weight excluding hydrogens is 452 g/mol. The highest BCUT2D eigenvalue weighted by Crippen LogP contribution is 2.33. The van der Waals surface area contributed by atoms with Crippen LogP contribution in [0.5, 0.6) is 11.5 Å². The molecule has 10 nitrogen and oxygen atoms in total. The zero-order valence-electron chi connectivity index (χ0n) is 20.2. The maximum Gasteiger partial charge on any atom is 0.330 e. The second-order valence-corrected chi connectivity index (χ2v) is 8.33. The van der Waals surface area contributed by atoms with Gasteiger partial charge in [-0.3, -0.25) is 24.0 Å². The van der Waals surface area contributed by atoms with E-state index in [1.54, 1.807) is 46.5 Å². The molecule has 0 spiro atoms. The van der Waals surface area contributed by atoms with Crippen molar-refractivity contribution in [1.29, 1.82) is 0 Å². The minimum Gasteiger partial charge on any atom is -0.493 e. The Morgan fingerprint density at radius 2 is 1.69 bits per heavy atom. The first kappa shape index (κ1) is 23.8. The SMILES string of the molecule is COc1ccc(CCn2cc3c(c2-c2ccc(C)c([N+](=O)[O-])c2)c(=O)n(C)c(=O)n3C)cc1OC. The van der Waals surface area contributed by atoms with Crippen LogP contribution in [0.15, 0.2) is 52.2 Å². The van der Waals surface area contributed by atoms with E-state index >= 15 is 0 Å². The Balaban J connectivity index is 1.91. The molecule has 0 aliphatic rings. The van der Waals surface area contributed by atoms with Crippen LogP contribution in [0, 0.1) is 17.0 Å². The number of hydrogen-bond donors (Lipinski definition) is 0. The van der Waals surface area contributed by atoms with Gasteiger partial charge in [-0.05, 0) is 31.0 Å². The van der Waals surface area contributed by atoms with Gasteiger partial charge < -0.3 is 14.0 Å². The summed E-state index contributed by atoms with van der Waals surface area (Å²) in [5.41, 5.74) is 2.08. The molecule has 0 fully saturated rings. The van der Waals surface area contributed by atoms with Gasteiger partial charge in [0.15, 0.2) is 11.5 Å². The molecule has 2 aromatic heterocycles. The number of ether oxygens (including phenoxy) is 2. The van der Waals surface area contributed by atoms with Crippen LogP contribution in [0.4, 0.5) is 5.69 Å². The molecule has 0 aliphatic carbocycles. The van der Waals surface area contributed by atoms with Crippen molar-refractivity contribution in [1.82, 2.24) is 13.7 Å². The van der Waals surface area contributed by atoms with Crippen molar-refractivity contribution >= 4 is 16.6 Å². The zero-order chi connectivity index (χ0) is 25.4. The molecule has 0 saturated carbocycles. The van der Waals surface area contributed by atoms with Gasteiger partial charge in [-0.1, -0.05) is 18.2 Å². The molecule has 182 valence electrons. The molecule has 10 heteroatoms. The van der Waals surface area contributed by atoms with Gasteiger partial charge in [-0.25, -0.2) is 4.79 Å². The molecule has 0 bridgehead atoms. The Morgan fingerprint density at radius 3 is 2.34 bits per heavy atom. The highest BCUT2D eigenvalue weighted by molar-refractivity contribution is 5.94. The summed E-state index contributed by atoms with van der Waals surface area (Å²) >= 11 is 0. The van der Waals surface area contributed by atoms with Crippen LogP contribution in [-0.2, 0) is 27.1 Å². The maximum absolute atomic E-state index is 13.2. The van der Waals surface area contributed by atoms with E-state index in [0.29, 0.717) is 52.2 Å². The zero-order valence-corrected chi connectivity index (χ0v) is 20.2. The molecule has 0 unspecified atom stereocenters. The monoisotopic (exact) mass is 478 g/mol. The van der Waals surface area contributed by atoms with Crippen LogP contribution in [0.3, 0.4) is 0 Å². The molecule has 0 aliphatic heterocycles. The van der Waals surface area contributed by atoms with Crippen LogP contribution in [0.1, 0.15) is 11.1 Å². The number of nitro groups is 1. The van der Waals surface area contributed by atoms with Crippen molar-refractivity contribution in [2.45, 2.75) is 19.9 Å². The van der Waals surface area contributed by atoms with Crippen LogP contribution in [0.25, 0.3) is 22.2 Å². The van der Waals surface area contributed by atoms with Gasteiger partial charge in [0.1, 0.15) is 0 Å².